The minimum absolute atomic E-state index is 0.599. The summed E-state index contributed by atoms with van der Waals surface area (Å²) in [6, 6.07) is 12.1. The van der Waals surface area contributed by atoms with Gasteiger partial charge in [0.25, 0.3) is 0 Å². The Morgan fingerprint density at radius 1 is 0.917 bits per heavy atom. The van der Waals surface area contributed by atoms with Gasteiger partial charge in [-0.2, -0.15) is 11.3 Å². The highest BCUT2D eigenvalue weighted by atomic mass is 32.1. The zero-order valence-electron chi connectivity index (χ0n) is 13.5. The second-order valence-electron chi connectivity index (χ2n) is 6.05. The molecule has 0 N–H and O–H groups in total. The molecule has 0 saturated carbocycles. The lowest BCUT2D eigenvalue weighted by atomic mass is 10.2. The zero-order chi connectivity index (χ0) is 16.2. The van der Waals surface area contributed by atoms with Crippen molar-refractivity contribution in [3.8, 4) is 11.5 Å². The molecule has 2 aromatic heterocycles. The van der Waals surface area contributed by atoms with Gasteiger partial charge in [0.15, 0.2) is 0 Å². The van der Waals surface area contributed by atoms with Gasteiger partial charge in [-0.15, -0.1) is 10.2 Å². The van der Waals surface area contributed by atoms with Crippen LogP contribution in [-0.2, 0) is 13.1 Å². The summed E-state index contributed by atoms with van der Waals surface area (Å²) in [6.45, 7) is 6.01. The van der Waals surface area contributed by atoms with Gasteiger partial charge in [-0.05, 0) is 34.5 Å². The standard InChI is InChI=1S/C18H20N4OS/c1-2-4-16(5-3-1)18-20-19-17(23-18)13-22-9-7-21(8-10-22)12-15-6-11-24-14-15/h1-6,11,14H,7-10,12-13H2. The number of thiophene rings is 1. The lowest BCUT2D eigenvalue weighted by Gasteiger charge is -2.33. The first-order valence-electron chi connectivity index (χ1n) is 8.20. The molecule has 5 nitrogen and oxygen atoms in total. The van der Waals surface area contributed by atoms with Crippen LogP contribution in [0.2, 0.25) is 0 Å². The van der Waals surface area contributed by atoms with Crippen molar-refractivity contribution in [3.05, 3.63) is 58.6 Å². The molecule has 1 aliphatic heterocycles. The maximum absolute atomic E-state index is 5.81. The second-order valence-corrected chi connectivity index (χ2v) is 6.83. The predicted molar refractivity (Wildman–Crippen MR) is 94.6 cm³/mol. The second kappa shape index (κ2) is 7.25. The molecule has 0 bridgehead atoms. The van der Waals surface area contributed by atoms with Crippen LogP contribution in [0, 0.1) is 0 Å². The Bertz CT molecular complexity index is 748. The molecule has 24 heavy (non-hydrogen) atoms. The Morgan fingerprint density at radius 2 is 1.67 bits per heavy atom. The molecule has 0 unspecified atom stereocenters. The lowest BCUT2D eigenvalue weighted by Crippen LogP contribution is -2.45. The minimum atomic E-state index is 0.599. The number of benzene rings is 1. The van der Waals surface area contributed by atoms with Crippen molar-refractivity contribution in [2.45, 2.75) is 13.1 Å². The van der Waals surface area contributed by atoms with E-state index in [-0.39, 0.29) is 0 Å². The van der Waals surface area contributed by atoms with Crippen LogP contribution in [0.1, 0.15) is 11.5 Å². The molecule has 6 heteroatoms. The molecule has 0 amide bonds. The number of hydrogen-bond acceptors (Lipinski definition) is 6. The molecule has 0 aliphatic carbocycles. The van der Waals surface area contributed by atoms with E-state index in [1.165, 1.54) is 5.56 Å². The van der Waals surface area contributed by atoms with E-state index in [9.17, 15) is 0 Å². The van der Waals surface area contributed by atoms with Crippen molar-refractivity contribution in [2.24, 2.45) is 0 Å². The van der Waals surface area contributed by atoms with E-state index in [2.05, 4.69) is 36.8 Å². The molecule has 0 radical (unpaired) electrons. The van der Waals surface area contributed by atoms with E-state index >= 15 is 0 Å². The van der Waals surface area contributed by atoms with Crippen molar-refractivity contribution < 1.29 is 4.42 Å². The molecule has 1 aromatic carbocycles. The van der Waals surface area contributed by atoms with Gasteiger partial charge in [-0.3, -0.25) is 9.80 Å². The fraction of sp³-hybridized carbons (Fsp3) is 0.333. The van der Waals surface area contributed by atoms with Crippen LogP contribution in [0.5, 0.6) is 0 Å². The third kappa shape index (κ3) is 3.72. The Morgan fingerprint density at radius 3 is 2.38 bits per heavy atom. The largest absolute Gasteiger partial charge is 0.419 e. The van der Waals surface area contributed by atoms with Crippen molar-refractivity contribution in [1.29, 1.82) is 0 Å². The molecule has 4 rings (SSSR count). The summed E-state index contributed by atoms with van der Waals surface area (Å²) in [4.78, 5) is 4.88. The highest BCUT2D eigenvalue weighted by molar-refractivity contribution is 7.07. The predicted octanol–water partition coefficient (Wildman–Crippen LogP) is 3.12. The average Bonchev–Trinajstić information content (AvgIpc) is 3.29. The number of hydrogen-bond donors (Lipinski definition) is 0. The Labute approximate surface area is 145 Å². The molecule has 3 heterocycles. The minimum Gasteiger partial charge on any atom is -0.419 e. The monoisotopic (exact) mass is 340 g/mol. The number of piperazine rings is 1. The number of rotatable bonds is 5. The van der Waals surface area contributed by atoms with Gasteiger partial charge in [-0.25, -0.2) is 0 Å². The van der Waals surface area contributed by atoms with Crippen molar-refractivity contribution in [2.75, 3.05) is 26.2 Å². The lowest BCUT2D eigenvalue weighted by molar-refractivity contribution is 0.115. The van der Waals surface area contributed by atoms with Crippen LogP contribution in [0.3, 0.4) is 0 Å². The first-order valence-corrected chi connectivity index (χ1v) is 9.15. The molecule has 3 aromatic rings. The highest BCUT2D eigenvalue weighted by Gasteiger charge is 2.19. The van der Waals surface area contributed by atoms with Crippen LogP contribution in [0.15, 0.2) is 51.6 Å². The van der Waals surface area contributed by atoms with Crippen LogP contribution >= 0.6 is 11.3 Å². The van der Waals surface area contributed by atoms with Gasteiger partial charge < -0.3 is 4.42 Å². The molecule has 1 saturated heterocycles. The van der Waals surface area contributed by atoms with Crippen LogP contribution in [-0.4, -0.2) is 46.2 Å². The van der Waals surface area contributed by atoms with Crippen LogP contribution in [0.25, 0.3) is 11.5 Å². The average molecular weight is 340 g/mol. The van der Waals surface area contributed by atoms with Gasteiger partial charge in [0.1, 0.15) is 0 Å². The summed E-state index contributed by atoms with van der Waals surface area (Å²) in [6.07, 6.45) is 0. The first kappa shape index (κ1) is 15.5. The van der Waals surface area contributed by atoms with E-state index < -0.39 is 0 Å². The molecule has 1 fully saturated rings. The summed E-state index contributed by atoms with van der Waals surface area (Å²) in [7, 11) is 0. The molecular formula is C18H20N4OS. The molecule has 124 valence electrons. The van der Waals surface area contributed by atoms with Crippen molar-refractivity contribution >= 4 is 11.3 Å². The Balaban J connectivity index is 1.30. The van der Waals surface area contributed by atoms with Crippen LogP contribution < -0.4 is 0 Å². The SMILES string of the molecule is c1ccc(-c2nnc(CN3CCN(Cc4ccsc4)CC3)o2)cc1. The van der Waals surface area contributed by atoms with Crippen LogP contribution in [0.4, 0.5) is 0 Å². The fourth-order valence-corrected chi connectivity index (χ4v) is 3.61. The van der Waals surface area contributed by atoms with Gasteiger partial charge in [0.05, 0.1) is 6.54 Å². The Hall–Kier alpha value is -2.02. The van der Waals surface area contributed by atoms with E-state index in [0.29, 0.717) is 11.8 Å². The molecular weight excluding hydrogens is 320 g/mol. The number of nitrogens with zero attached hydrogens (tertiary/aromatic N) is 4. The van der Waals surface area contributed by atoms with Gasteiger partial charge in [0, 0.05) is 38.3 Å². The van der Waals surface area contributed by atoms with E-state index in [4.69, 9.17) is 4.42 Å². The van der Waals surface area contributed by atoms with Crippen molar-refractivity contribution in [3.63, 3.8) is 0 Å². The van der Waals surface area contributed by atoms with E-state index in [0.717, 1.165) is 44.8 Å². The zero-order valence-corrected chi connectivity index (χ0v) is 14.3. The fourth-order valence-electron chi connectivity index (χ4n) is 2.95. The molecule has 1 aliphatic rings. The first-order chi connectivity index (χ1) is 11.9. The summed E-state index contributed by atoms with van der Waals surface area (Å²) in [5.41, 5.74) is 2.38. The maximum Gasteiger partial charge on any atom is 0.247 e. The van der Waals surface area contributed by atoms with Gasteiger partial charge in [0.2, 0.25) is 11.8 Å². The molecule has 0 spiro atoms. The normalized spacial score (nSPS) is 16.5. The quantitative estimate of drug-likeness (QED) is 0.714. The third-order valence-corrected chi connectivity index (χ3v) is 5.03. The Kier molecular flexibility index (Phi) is 4.69. The summed E-state index contributed by atoms with van der Waals surface area (Å²) in [5, 5.41) is 12.7. The van der Waals surface area contributed by atoms with Crippen molar-refractivity contribution in [1.82, 2.24) is 20.0 Å². The van der Waals surface area contributed by atoms with E-state index in [1.54, 1.807) is 11.3 Å². The summed E-state index contributed by atoms with van der Waals surface area (Å²) < 4.78 is 5.81. The van der Waals surface area contributed by atoms with Gasteiger partial charge >= 0.3 is 0 Å². The summed E-state index contributed by atoms with van der Waals surface area (Å²) >= 11 is 1.77. The van der Waals surface area contributed by atoms with E-state index in [1.807, 2.05) is 30.3 Å². The van der Waals surface area contributed by atoms with Gasteiger partial charge in [-0.1, -0.05) is 18.2 Å². The maximum atomic E-state index is 5.81. The summed E-state index contributed by atoms with van der Waals surface area (Å²) in [5.74, 6) is 1.29. The highest BCUT2D eigenvalue weighted by Crippen LogP contribution is 2.18. The topological polar surface area (TPSA) is 45.4 Å². The third-order valence-electron chi connectivity index (χ3n) is 4.30. The molecule has 0 atom stereocenters. The smallest absolute Gasteiger partial charge is 0.247 e. The number of aromatic nitrogens is 2.